The van der Waals surface area contributed by atoms with Crippen LogP contribution in [0, 0.1) is 17.8 Å². The zero-order valence-corrected chi connectivity index (χ0v) is 6.98. The molecule has 1 N–H and O–H groups in total. The first-order chi connectivity index (χ1) is 5.55. The van der Waals surface area contributed by atoms with Crippen molar-refractivity contribution in [2.75, 3.05) is 0 Å². The van der Waals surface area contributed by atoms with Crippen LogP contribution in [0.2, 0.25) is 0 Å². The molecular formula is C9H12F2O. The van der Waals surface area contributed by atoms with Crippen LogP contribution >= 0.6 is 0 Å². The second-order valence-electron chi connectivity index (χ2n) is 3.22. The molecule has 1 saturated carbocycles. The van der Waals surface area contributed by atoms with E-state index in [1.807, 2.05) is 0 Å². The summed E-state index contributed by atoms with van der Waals surface area (Å²) in [5.41, 5.74) is 0. The molecule has 0 bridgehead atoms. The Morgan fingerprint density at radius 1 is 1.58 bits per heavy atom. The normalized spacial score (nSPS) is 23.7. The molecule has 68 valence electrons. The van der Waals surface area contributed by atoms with Crippen LogP contribution in [-0.2, 0) is 0 Å². The first kappa shape index (κ1) is 9.47. The number of aliphatic hydroxyl groups is 1. The summed E-state index contributed by atoms with van der Waals surface area (Å²) in [4.78, 5) is 0. The average molecular weight is 174 g/mol. The van der Waals surface area contributed by atoms with Gasteiger partial charge in [0.05, 0.1) is 6.10 Å². The van der Waals surface area contributed by atoms with Gasteiger partial charge in [-0.3, -0.25) is 0 Å². The summed E-state index contributed by atoms with van der Waals surface area (Å²) in [6.07, 6.45) is -0.715. The molecule has 12 heavy (non-hydrogen) atoms. The lowest BCUT2D eigenvalue weighted by Gasteiger charge is -2.37. The highest BCUT2D eigenvalue weighted by atomic mass is 19.3. The molecule has 0 aromatic heterocycles. The van der Waals surface area contributed by atoms with Crippen LogP contribution in [0.3, 0.4) is 0 Å². The molecule has 0 spiro atoms. The monoisotopic (exact) mass is 174 g/mol. The molecule has 1 atom stereocenters. The van der Waals surface area contributed by atoms with Gasteiger partial charge in [0.1, 0.15) is 0 Å². The van der Waals surface area contributed by atoms with Gasteiger partial charge >= 0.3 is 0 Å². The van der Waals surface area contributed by atoms with E-state index in [1.165, 1.54) is 0 Å². The fraction of sp³-hybridized carbons (Fsp3) is 0.778. The highest BCUT2D eigenvalue weighted by Gasteiger charge is 2.47. The quantitative estimate of drug-likeness (QED) is 0.633. The van der Waals surface area contributed by atoms with E-state index in [1.54, 1.807) is 6.92 Å². The fourth-order valence-corrected chi connectivity index (χ4v) is 1.35. The van der Waals surface area contributed by atoms with Crippen molar-refractivity contribution in [1.29, 1.82) is 0 Å². The number of rotatable bonds is 2. The van der Waals surface area contributed by atoms with Crippen LogP contribution in [0.5, 0.6) is 0 Å². The molecule has 1 aliphatic rings. The molecule has 1 unspecified atom stereocenters. The third-order valence-corrected chi connectivity index (χ3v) is 2.15. The Balaban J connectivity index is 2.26. The summed E-state index contributed by atoms with van der Waals surface area (Å²) in [7, 11) is 0. The number of halogens is 2. The second-order valence-corrected chi connectivity index (χ2v) is 3.22. The Labute approximate surface area is 70.8 Å². The van der Waals surface area contributed by atoms with E-state index in [2.05, 4.69) is 11.8 Å². The average Bonchev–Trinajstić information content (AvgIpc) is 1.95. The zero-order valence-electron chi connectivity index (χ0n) is 6.98. The van der Waals surface area contributed by atoms with Crippen LogP contribution in [0.1, 0.15) is 26.2 Å². The van der Waals surface area contributed by atoms with Gasteiger partial charge in [-0.2, -0.15) is 0 Å². The van der Waals surface area contributed by atoms with Crippen molar-refractivity contribution >= 4 is 0 Å². The van der Waals surface area contributed by atoms with E-state index in [4.69, 9.17) is 0 Å². The fourth-order valence-electron chi connectivity index (χ4n) is 1.35. The zero-order chi connectivity index (χ0) is 9.19. The van der Waals surface area contributed by atoms with Crippen molar-refractivity contribution in [3.05, 3.63) is 0 Å². The summed E-state index contributed by atoms with van der Waals surface area (Å²) in [6.45, 7) is 1.67. The van der Waals surface area contributed by atoms with E-state index < -0.39 is 12.0 Å². The number of alkyl halides is 2. The van der Waals surface area contributed by atoms with Gasteiger partial charge in [0.25, 0.3) is 0 Å². The largest absolute Gasteiger partial charge is 0.392 e. The Morgan fingerprint density at radius 3 is 2.58 bits per heavy atom. The number of aliphatic hydroxyl groups excluding tert-OH is 1. The van der Waals surface area contributed by atoms with Gasteiger partial charge in [0.15, 0.2) is 0 Å². The Morgan fingerprint density at radius 2 is 2.17 bits per heavy atom. The molecule has 1 rings (SSSR count). The molecule has 3 heteroatoms. The summed E-state index contributed by atoms with van der Waals surface area (Å²) < 4.78 is 24.6. The number of hydrogen-bond acceptors (Lipinski definition) is 1. The molecule has 0 heterocycles. The van der Waals surface area contributed by atoms with Crippen molar-refractivity contribution in [2.24, 2.45) is 5.92 Å². The smallest absolute Gasteiger partial charge is 0.248 e. The third kappa shape index (κ3) is 2.18. The summed E-state index contributed by atoms with van der Waals surface area (Å²) in [5, 5.41) is 9.30. The van der Waals surface area contributed by atoms with Crippen LogP contribution in [-0.4, -0.2) is 17.1 Å². The molecule has 0 aliphatic heterocycles. The molecule has 1 fully saturated rings. The predicted octanol–water partition coefficient (Wildman–Crippen LogP) is 1.81. The lowest BCUT2D eigenvalue weighted by Crippen LogP contribution is -2.41. The van der Waals surface area contributed by atoms with Crippen LogP contribution < -0.4 is 0 Å². The maximum Gasteiger partial charge on any atom is 0.248 e. The van der Waals surface area contributed by atoms with Crippen LogP contribution in [0.25, 0.3) is 0 Å². The van der Waals surface area contributed by atoms with Gasteiger partial charge in [0.2, 0.25) is 5.92 Å². The topological polar surface area (TPSA) is 20.2 Å². The van der Waals surface area contributed by atoms with E-state index >= 15 is 0 Å². The molecular weight excluding hydrogens is 162 g/mol. The second kappa shape index (κ2) is 3.40. The van der Waals surface area contributed by atoms with Gasteiger partial charge in [-0.15, -0.1) is 11.8 Å². The van der Waals surface area contributed by atoms with Crippen molar-refractivity contribution in [1.82, 2.24) is 0 Å². The minimum absolute atomic E-state index is 0.181. The molecule has 0 radical (unpaired) electrons. The number of hydrogen-bond donors (Lipinski definition) is 1. The SMILES string of the molecule is CC#CCC(O)C1CC(F)(F)C1. The Bertz CT molecular complexity index is 206. The van der Waals surface area contributed by atoms with Crippen molar-refractivity contribution in [3.63, 3.8) is 0 Å². The van der Waals surface area contributed by atoms with Gasteiger partial charge in [-0.05, 0) is 12.8 Å². The first-order valence-corrected chi connectivity index (χ1v) is 4.00. The first-order valence-electron chi connectivity index (χ1n) is 4.00. The standard InChI is InChI=1S/C9H12F2O/c1-2-3-4-8(12)7-5-9(10,11)6-7/h7-8,12H,4-6H2,1H3. The summed E-state index contributed by atoms with van der Waals surface area (Å²) in [5.74, 6) is 2.52. The van der Waals surface area contributed by atoms with Gasteiger partial charge in [-0.25, -0.2) is 8.78 Å². The molecule has 0 saturated heterocycles. The summed E-state index contributed by atoms with van der Waals surface area (Å²) >= 11 is 0. The van der Waals surface area contributed by atoms with Gasteiger partial charge in [-0.1, -0.05) is 0 Å². The van der Waals surface area contributed by atoms with Crippen molar-refractivity contribution < 1.29 is 13.9 Å². The maximum atomic E-state index is 12.3. The van der Waals surface area contributed by atoms with Gasteiger partial charge < -0.3 is 5.11 Å². The Hall–Kier alpha value is -0.620. The lowest BCUT2D eigenvalue weighted by atomic mass is 9.77. The van der Waals surface area contributed by atoms with E-state index in [-0.39, 0.29) is 18.8 Å². The highest BCUT2D eigenvalue weighted by Crippen LogP contribution is 2.44. The van der Waals surface area contributed by atoms with Crippen LogP contribution in [0.4, 0.5) is 8.78 Å². The Kier molecular flexibility index (Phi) is 2.69. The predicted molar refractivity (Wildman–Crippen MR) is 41.7 cm³/mol. The third-order valence-electron chi connectivity index (χ3n) is 2.15. The molecule has 1 aliphatic carbocycles. The molecule has 0 amide bonds. The lowest BCUT2D eigenvalue weighted by molar-refractivity contribution is -0.140. The van der Waals surface area contributed by atoms with Crippen LogP contribution in [0.15, 0.2) is 0 Å². The highest BCUT2D eigenvalue weighted by molar-refractivity contribution is 5.00. The maximum absolute atomic E-state index is 12.3. The van der Waals surface area contributed by atoms with E-state index in [0.717, 1.165) is 0 Å². The molecule has 1 nitrogen and oxygen atoms in total. The minimum Gasteiger partial charge on any atom is -0.392 e. The van der Waals surface area contributed by atoms with E-state index in [9.17, 15) is 13.9 Å². The van der Waals surface area contributed by atoms with Crippen molar-refractivity contribution in [2.45, 2.75) is 38.2 Å². The molecule has 0 aromatic rings. The van der Waals surface area contributed by atoms with Crippen molar-refractivity contribution in [3.8, 4) is 11.8 Å². The van der Waals surface area contributed by atoms with E-state index in [0.29, 0.717) is 6.42 Å². The minimum atomic E-state index is -2.54. The summed E-state index contributed by atoms with van der Waals surface area (Å²) in [6, 6.07) is 0. The molecule has 0 aromatic carbocycles. The van der Waals surface area contributed by atoms with Gasteiger partial charge in [0, 0.05) is 19.3 Å².